The van der Waals surface area contributed by atoms with Crippen LogP contribution in [0.3, 0.4) is 0 Å². The first-order valence-corrected chi connectivity index (χ1v) is 6.19. The molecule has 0 aliphatic heterocycles. The predicted octanol–water partition coefficient (Wildman–Crippen LogP) is 1.48. The molecule has 2 N–H and O–H groups in total. The van der Waals surface area contributed by atoms with Gasteiger partial charge < -0.3 is 15.3 Å². The maximum absolute atomic E-state index is 12.0. The summed E-state index contributed by atoms with van der Waals surface area (Å²) < 4.78 is 0. The van der Waals surface area contributed by atoms with Crippen LogP contribution in [0.25, 0.3) is 0 Å². The summed E-state index contributed by atoms with van der Waals surface area (Å²) in [4.78, 5) is 28.1. The van der Waals surface area contributed by atoms with E-state index in [2.05, 4.69) is 10.3 Å². The van der Waals surface area contributed by atoms with Gasteiger partial charge in [0.1, 0.15) is 0 Å². The van der Waals surface area contributed by atoms with Crippen molar-refractivity contribution in [2.45, 2.75) is 32.9 Å². The second kappa shape index (κ2) is 7.35. The first-order chi connectivity index (χ1) is 9.02. The van der Waals surface area contributed by atoms with Crippen LogP contribution in [-0.2, 0) is 11.3 Å². The van der Waals surface area contributed by atoms with Crippen molar-refractivity contribution < 1.29 is 14.7 Å². The lowest BCUT2D eigenvalue weighted by atomic mass is 10.2. The van der Waals surface area contributed by atoms with Crippen LogP contribution in [0.15, 0.2) is 24.5 Å². The molecule has 1 heterocycles. The fourth-order valence-electron chi connectivity index (χ4n) is 1.65. The van der Waals surface area contributed by atoms with Crippen LogP contribution in [-0.4, -0.2) is 39.6 Å². The van der Waals surface area contributed by atoms with Gasteiger partial charge in [-0.1, -0.05) is 0 Å². The Labute approximate surface area is 112 Å². The molecule has 0 radical (unpaired) electrons. The van der Waals surface area contributed by atoms with Crippen LogP contribution < -0.4 is 5.32 Å². The zero-order valence-corrected chi connectivity index (χ0v) is 11.2. The average Bonchev–Trinajstić information content (AvgIpc) is 2.35. The topological polar surface area (TPSA) is 82.5 Å². The second-order valence-electron chi connectivity index (χ2n) is 4.32. The molecule has 2 amide bonds. The van der Waals surface area contributed by atoms with Gasteiger partial charge in [0.2, 0.25) is 0 Å². The van der Waals surface area contributed by atoms with Crippen LogP contribution in [0.2, 0.25) is 0 Å². The number of carboxylic acid groups (broad SMARTS) is 1. The Morgan fingerprint density at radius 3 is 2.58 bits per heavy atom. The Morgan fingerprint density at radius 1 is 1.42 bits per heavy atom. The fourth-order valence-corrected chi connectivity index (χ4v) is 1.65. The zero-order valence-electron chi connectivity index (χ0n) is 11.2. The van der Waals surface area contributed by atoms with Crippen LogP contribution >= 0.6 is 0 Å². The number of nitrogens with one attached hydrogen (secondary N) is 1. The van der Waals surface area contributed by atoms with E-state index >= 15 is 0 Å². The fraction of sp³-hybridized carbons (Fsp3) is 0.462. The molecule has 1 unspecified atom stereocenters. The van der Waals surface area contributed by atoms with Crippen molar-refractivity contribution in [3.05, 3.63) is 30.1 Å². The maximum Gasteiger partial charge on any atom is 0.317 e. The summed E-state index contributed by atoms with van der Waals surface area (Å²) in [6, 6.07) is 3.04. The molecule has 6 heteroatoms. The van der Waals surface area contributed by atoms with Crippen LogP contribution in [0, 0.1) is 0 Å². The number of amides is 2. The number of carboxylic acids is 1. The van der Waals surface area contributed by atoms with E-state index in [4.69, 9.17) is 5.11 Å². The summed E-state index contributed by atoms with van der Waals surface area (Å²) in [6.07, 6.45) is 3.26. The van der Waals surface area contributed by atoms with Gasteiger partial charge in [-0.05, 0) is 31.5 Å². The van der Waals surface area contributed by atoms with Gasteiger partial charge in [-0.15, -0.1) is 0 Å². The molecule has 0 fully saturated rings. The van der Waals surface area contributed by atoms with E-state index in [1.807, 2.05) is 19.1 Å². The Bertz CT molecular complexity index is 422. The number of pyridine rings is 1. The highest BCUT2D eigenvalue weighted by molar-refractivity contribution is 5.75. The number of nitrogens with zero attached hydrogens (tertiary/aromatic N) is 2. The molecule has 0 saturated carbocycles. The van der Waals surface area contributed by atoms with E-state index in [-0.39, 0.29) is 12.5 Å². The minimum Gasteiger partial charge on any atom is -0.481 e. The minimum absolute atomic E-state index is 0.0848. The normalized spacial score (nSPS) is 11.7. The average molecular weight is 265 g/mol. The van der Waals surface area contributed by atoms with Gasteiger partial charge >= 0.3 is 12.0 Å². The van der Waals surface area contributed by atoms with Crippen molar-refractivity contribution in [3.63, 3.8) is 0 Å². The number of rotatable bonds is 6. The molecule has 1 aromatic heterocycles. The summed E-state index contributed by atoms with van der Waals surface area (Å²) in [5.74, 6) is -0.926. The Balaban J connectivity index is 2.54. The minimum atomic E-state index is -0.926. The number of urea groups is 1. The van der Waals surface area contributed by atoms with Crippen LogP contribution in [0.4, 0.5) is 4.79 Å². The van der Waals surface area contributed by atoms with Gasteiger partial charge in [0, 0.05) is 31.5 Å². The Morgan fingerprint density at radius 2 is 2.05 bits per heavy atom. The van der Waals surface area contributed by atoms with Gasteiger partial charge in [0.25, 0.3) is 0 Å². The molecule has 0 bridgehead atoms. The van der Waals surface area contributed by atoms with E-state index in [1.165, 1.54) is 0 Å². The highest BCUT2D eigenvalue weighted by atomic mass is 16.4. The van der Waals surface area contributed by atoms with Crippen molar-refractivity contribution >= 4 is 12.0 Å². The number of carbonyl (C=O) groups is 2. The Hall–Kier alpha value is -2.11. The molecule has 104 valence electrons. The molecule has 19 heavy (non-hydrogen) atoms. The highest BCUT2D eigenvalue weighted by Gasteiger charge is 2.16. The molecular formula is C13H19N3O3. The monoisotopic (exact) mass is 265 g/mol. The number of carbonyl (C=O) groups excluding carboxylic acids is 1. The van der Waals surface area contributed by atoms with Crippen molar-refractivity contribution in [2.75, 3.05) is 6.54 Å². The summed E-state index contributed by atoms with van der Waals surface area (Å²) >= 11 is 0. The lowest BCUT2D eigenvalue weighted by molar-refractivity contribution is -0.137. The summed E-state index contributed by atoms with van der Waals surface area (Å²) in [6.45, 7) is 4.58. The third-order valence-corrected chi connectivity index (χ3v) is 2.64. The lowest BCUT2D eigenvalue weighted by Crippen LogP contribution is -2.44. The smallest absolute Gasteiger partial charge is 0.317 e. The third kappa shape index (κ3) is 5.37. The van der Waals surface area contributed by atoms with E-state index < -0.39 is 12.0 Å². The summed E-state index contributed by atoms with van der Waals surface area (Å²) in [5, 5.41) is 11.3. The van der Waals surface area contributed by atoms with Gasteiger partial charge in [0.05, 0.1) is 6.42 Å². The van der Waals surface area contributed by atoms with Gasteiger partial charge in [-0.25, -0.2) is 4.79 Å². The van der Waals surface area contributed by atoms with Crippen molar-refractivity contribution in [3.8, 4) is 0 Å². The van der Waals surface area contributed by atoms with Crippen LogP contribution in [0.5, 0.6) is 0 Å². The number of aromatic nitrogens is 1. The molecule has 0 saturated heterocycles. The molecule has 1 rings (SSSR count). The molecule has 0 aromatic carbocycles. The van der Waals surface area contributed by atoms with Crippen LogP contribution in [0.1, 0.15) is 25.8 Å². The predicted molar refractivity (Wildman–Crippen MR) is 70.6 cm³/mol. The molecular weight excluding hydrogens is 246 g/mol. The Kier molecular flexibility index (Phi) is 5.78. The lowest BCUT2D eigenvalue weighted by Gasteiger charge is -2.23. The van der Waals surface area contributed by atoms with E-state index in [0.717, 1.165) is 5.56 Å². The zero-order chi connectivity index (χ0) is 14.3. The van der Waals surface area contributed by atoms with E-state index in [9.17, 15) is 9.59 Å². The van der Waals surface area contributed by atoms with Crippen molar-refractivity contribution in [1.29, 1.82) is 0 Å². The van der Waals surface area contributed by atoms with Gasteiger partial charge in [0.15, 0.2) is 0 Å². The molecule has 1 atom stereocenters. The standard InChI is InChI=1S/C13H19N3O3/c1-3-16(9-11-4-6-14-7-5-11)13(19)15-10(2)8-12(17)18/h4-7,10H,3,8-9H2,1-2H3,(H,15,19)(H,17,18). The van der Waals surface area contributed by atoms with E-state index in [0.29, 0.717) is 13.1 Å². The molecule has 6 nitrogen and oxygen atoms in total. The first-order valence-electron chi connectivity index (χ1n) is 6.19. The molecule has 1 aromatic rings. The number of aliphatic carboxylic acids is 1. The molecule has 0 aliphatic carbocycles. The first kappa shape index (κ1) is 14.9. The van der Waals surface area contributed by atoms with Gasteiger partial charge in [-0.3, -0.25) is 9.78 Å². The quantitative estimate of drug-likeness (QED) is 0.816. The summed E-state index contributed by atoms with van der Waals surface area (Å²) in [7, 11) is 0. The largest absolute Gasteiger partial charge is 0.481 e. The SMILES string of the molecule is CCN(Cc1ccncc1)C(=O)NC(C)CC(=O)O. The summed E-state index contributed by atoms with van der Waals surface area (Å²) in [5.41, 5.74) is 0.984. The number of hydrogen-bond donors (Lipinski definition) is 2. The molecule has 0 spiro atoms. The van der Waals surface area contributed by atoms with Crippen molar-refractivity contribution in [1.82, 2.24) is 15.2 Å². The third-order valence-electron chi connectivity index (χ3n) is 2.64. The van der Waals surface area contributed by atoms with Gasteiger partial charge in [-0.2, -0.15) is 0 Å². The number of hydrogen-bond acceptors (Lipinski definition) is 3. The van der Waals surface area contributed by atoms with Crippen molar-refractivity contribution in [2.24, 2.45) is 0 Å². The highest BCUT2D eigenvalue weighted by Crippen LogP contribution is 2.04. The second-order valence-corrected chi connectivity index (χ2v) is 4.32. The van der Waals surface area contributed by atoms with E-state index in [1.54, 1.807) is 24.2 Å². The maximum atomic E-state index is 12.0. The molecule has 0 aliphatic rings.